The first-order valence-electron chi connectivity index (χ1n) is 7.84. The van der Waals surface area contributed by atoms with E-state index in [1.807, 2.05) is 13.0 Å². The molecule has 0 aliphatic heterocycles. The van der Waals surface area contributed by atoms with Gasteiger partial charge >= 0.3 is 0 Å². The molecule has 0 atom stereocenters. The van der Waals surface area contributed by atoms with Gasteiger partial charge in [-0.15, -0.1) is 10.2 Å². The van der Waals surface area contributed by atoms with E-state index in [0.29, 0.717) is 11.4 Å². The summed E-state index contributed by atoms with van der Waals surface area (Å²) < 4.78 is 40.7. The predicted molar refractivity (Wildman–Crippen MR) is 97.7 cm³/mol. The lowest BCUT2D eigenvalue weighted by Crippen LogP contribution is -2.14. The molecule has 2 N–H and O–H groups in total. The molecule has 0 aliphatic rings. The lowest BCUT2D eigenvalue weighted by Gasteiger charge is -2.09. The van der Waals surface area contributed by atoms with E-state index in [1.54, 1.807) is 36.4 Å². The number of aryl methyl sites for hydroxylation is 1. The molecule has 3 aromatic rings. The number of nitrogens with zero attached hydrogens (tertiary/aromatic N) is 2. The van der Waals surface area contributed by atoms with Crippen LogP contribution in [0.3, 0.4) is 0 Å². The number of rotatable bonds is 6. The third-order valence-electron chi connectivity index (χ3n) is 3.62. The molecule has 0 saturated carbocycles. The highest BCUT2D eigenvalue weighted by atomic mass is 32.2. The molecule has 0 radical (unpaired) electrons. The monoisotopic (exact) mass is 372 g/mol. The van der Waals surface area contributed by atoms with Crippen molar-refractivity contribution in [2.45, 2.75) is 18.4 Å². The highest BCUT2D eigenvalue weighted by molar-refractivity contribution is 7.92. The Hall–Kier alpha value is -3.00. The highest BCUT2D eigenvalue weighted by Gasteiger charge is 2.15. The van der Waals surface area contributed by atoms with Gasteiger partial charge in [-0.05, 0) is 42.8 Å². The Morgan fingerprint density at radius 3 is 2.38 bits per heavy atom. The first-order chi connectivity index (χ1) is 12.4. The molecular weight excluding hydrogens is 355 g/mol. The summed E-state index contributed by atoms with van der Waals surface area (Å²) in [7, 11) is -3.73. The number of sulfonamides is 1. The lowest BCUT2D eigenvalue weighted by molar-refractivity contribution is 0.600. The number of hydrogen-bond acceptors (Lipinski definition) is 5. The van der Waals surface area contributed by atoms with Crippen molar-refractivity contribution in [1.82, 2.24) is 10.2 Å². The maximum Gasteiger partial charge on any atom is 0.263 e. The smallest absolute Gasteiger partial charge is 0.263 e. The van der Waals surface area contributed by atoms with E-state index >= 15 is 0 Å². The topological polar surface area (TPSA) is 84.0 Å². The fourth-order valence-corrected chi connectivity index (χ4v) is 3.39. The minimum atomic E-state index is -3.73. The van der Waals surface area contributed by atoms with Crippen LogP contribution in [0.2, 0.25) is 0 Å². The van der Waals surface area contributed by atoms with Crippen LogP contribution >= 0.6 is 0 Å². The second-order valence-electron chi connectivity index (χ2n) is 5.67. The molecule has 3 rings (SSSR count). The normalized spacial score (nSPS) is 11.2. The van der Waals surface area contributed by atoms with Gasteiger partial charge < -0.3 is 5.32 Å². The van der Waals surface area contributed by atoms with Gasteiger partial charge in [-0.2, -0.15) is 0 Å². The van der Waals surface area contributed by atoms with Gasteiger partial charge in [-0.1, -0.05) is 30.3 Å². The Kier molecular flexibility index (Phi) is 5.13. The van der Waals surface area contributed by atoms with E-state index in [0.717, 1.165) is 5.56 Å². The predicted octanol–water partition coefficient (Wildman–Crippen LogP) is 3.34. The van der Waals surface area contributed by atoms with Gasteiger partial charge in [0, 0.05) is 12.1 Å². The summed E-state index contributed by atoms with van der Waals surface area (Å²) in [6.07, 6.45) is 0. The maximum atomic E-state index is 13.6. The Balaban J connectivity index is 1.67. The van der Waals surface area contributed by atoms with Gasteiger partial charge in [0.1, 0.15) is 11.6 Å². The van der Waals surface area contributed by atoms with E-state index < -0.39 is 10.0 Å². The van der Waals surface area contributed by atoms with Gasteiger partial charge in [0.15, 0.2) is 5.82 Å². The van der Waals surface area contributed by atoms with E-state index in [9.17, 15) is 12.8 Å². The highest BCUT2D eigenvalue weighted by Crippen LogP contribution is 2.16. The first-order valence-corrected chi connectivity index (χ1v) is 9.33. The van der Waals surface area contributed by atoms with Crippen molar-refractivity contribution >= 4 is 21.7 Å². The lowest BCUT2D eigenvalue weighted by atomic mass is 10.2. The van der Waals surface area contributed by atoms with Crippen molar-refractivity contribution in [3.63, 3.8) is 0 Å². The van der Waals surface area contributed by atoms with Crippen molar-refractivity contribution in [3.8, 4) is 0 Å². The van der Waals surface area contributed by atoms with Gasteiger partial charge in [0.05, 0.1) is 4.90 Å². The zero-order chi connectivity index (χ0) is 18.6. The molecule has 6 nitrogen and oxygen atoms in total. The number of anilines is 2. The number of benzene rings is 2. The third kappa shape index (κ3) is 4.34. The molecule has 1 aromatic heterocycles. The van der Waals surface area contributed by atoms with E-state index in [2.05, 4.69) is 20.2 Å². The SMILES string of the molecule is Cc1cccc(S(=O)(=O)Nc2ccc(NCc3ccccc3F)nn2)c1. The standard InChI is InChI=1S/C18H17FN4O2S/c1-13-5-4-7-15(11-13)26(24,25)23-18-10-9-17(21-22-18)20-12-14-6-2-3-8-16(14)19/h2-11H,12H2,1H3,(H,20,21)(H,22,23). The summed E-state index contributed by atoms with van der Waals surface area (Å²) in [5, 5.41) is 10.7. The van der Waals surface area contributed by atoms with Crippen LogP contribution in [0.25, 0.3) is 0 Å². The van der Waals surface area contributed by atoms with Gasteiger partial charge in [0.2, 0.25) is 0 Å². The number of halogens is 1. The van der Waals surface area contributed by atoms with Gasteiger partial charge in [-0.3, -0.25) is 4.72 Å². The molecular formula is C18H17FN4O2S. The molecule has 134 valence electrons. The largest absolute Gasteiger partial charge is 0.364 e. The first kappa shape index (κ1) is 17.8. The van der Waals surface area contributed by atoms with Crippen LogP contribution in [0.1, 0.15) is 11.1 Å². The number of nitrogens with one attached hydrogen (secondary N) is 2. The average molecular weight is 372 g/mol. The van der Waals surface area contributed by atoms with Crippen LogP contribution in [0, 0.1) is 12.7 Å². The zero-order valence-electron chi connectivity index (χ0n) is 14.0. The van der Waals surface area contributed by atoms with Crippen molar-refractivity contribution < 1.29 is 12.8 Å². The molecule has 26 heavy (non-hydrogen) atoms. The van der Waals surface area contributed by atoms with E-state index in [1.165, 1.54) is 18.2 Å². The fraction of sp³-hybridized carbons (Fsp3) is 0.111. The Morgan fingerprint density at radius 2 is 1.69 bits per heavy atom. The van der Waals surface area contributed by atoms with Crippen molar-refractivity contribution in [3.05, 3.63) is 77.6 Å². The van der Waals surface area contributed by atoms with E-state index in [-0.39, 0.29) is 23.1 Å². The molecule has 0 fully saturated rings. The summed E-state index contributed by atoms with van der Waals surface area (Å²) in [4.78, 5) is 0.154. The van der Waals surface area contributed by atoms with Gasteiger partial charge in [-0.25, -0.2) is 12.8 Å². The second-order valence-corrected chi connectivity index (χ2v) is 7.35. The van der Waals surface area contributed by atoms with Gasteiger partial charge in [0.25, 0.3) is 10.0 Å². The molecule has 8 heteroatoms. The van der Waals surface area contributed by atoms with Crippen molar-refractivity contribution in [1.29, 1.82) is 0 Å². The zero-order valence-corrected chi connectivity index (χ0v) is 14.8. The summed E-state index contributed by atoms with van der Waals surface area (Å²) in [5.74, 6) is 0.199. The summed E-state index contributed by atoms with van der Waals surface area (Å²) >= 11 is 0. The quantitative estimate of drug-likeness (QED) is 0.693. The molecule has 0 unspecified atom stereocenters. The summed E-state index contributed by atoms with van der Waals surface area (Å²) in [6.45, 7) is 2.06. The molecule has 0 saturated heterocycles. The van der Waals surface area contributed by atoms with Crippen LogP contribution in [-0.4, -0.2) is 18.6 Å². The average Bonchev–Trinajstić information content (AvgIpc) is 2.62. The molecule has 0 amide bonds. The molecule has 0 aliphatic carbocycles. The molecule has 0 spiro atoms. The Morgan fingerprint density at radius 1 is 0.962 bits per heavy atom. The summed E-state index contributed by atoms with van der Waals surface area (Å²) in [5.41, 5.74) is 1.34. The minimum absolute atomic E-state index is 0.1000. The van der Waals surface area contributed by atoms with Crippen LogP contribution in [-0.2, 0) is 16.6 Å². The second kappa shape index (κ2) is 7.49. The van der Waals surface area contributed by atoms with Crippen molar-refractivity contribution in [2.24, 2.45) is 0 Å². The molecule has 1 heterocycles. The molecule has 0 bridgehead atoms. The van der Waals surface area contributed by atoms with Crippen LogP contribution in [0.5, 0.6) is 0 Å². The number of aromatic nitrogens is 2. The van der Waals surface area contributed by atoms with Crippen molar-refractivity contribution in [2.75, 3.05) is 10.0 Å². The molecule has 2 aromatic carbocycles. The minimum Gasteiger partial charge on any atom is -0.364 e. The number of hydrogen-bond donors (Lipinski definition) is 2. The summed E-state index contributed by atoms with van der Waals surface area (Å²) in [6, 6.07) is 16.0. The van der Waals surface area contributed by atoms with Crippen LogP contribution < -0.4 is 10.0 Å². The van der Waals surface area contributed by atoms with Crippen LogP contribution in [0.4, 0.5) is 16.0 Å². The fourth-order valence-electron chi connectivity index (χ4n) is 2.29. The maximum absolute atomic E-state index is 13.6. The third-order valence-corrected chi connectivity index (χ3v) is 4.97. The van der Waals surface area contributed by atoms with E-state index in [4.69, 9.17) is 0 Å². The Labute approximate surface area is 151 Å². The van der Waals surface area contributed by atoms with Crippen LogP contribution in [0.15, 0.2) is 65.6 Å². The Bertz CT molecular complexity index is 1010.